The predicted octanol–water partition coefficient (Wildman–Crippen LogP) is 3.13. The van der Waals surface area contributed by atoms with Crippen LogP contribution in [-0.4, -0.2) is 11.6 Å². The first-order valence-corrected chi connectivity index (χ1v) is 6.88. The van der Waals surface area contributed by atoms with Crippen molar-refractivity contribution in [3.8, 4) is 0 Å². The molecule has 0 aromatic heterocycles. The second kappa shape index (κ2) is 6.10. The van der Waals surface area contributed by atoms with Gasteiger partial charge in [-0.25, -0.2) is 0 Å². The number of benzene rings is 2. The van der Waals surface area contributed by atoms with E-state index in [0.29, 0.717) is 11.4 Å². The minimum absolute atomic E-state index is 0.531. The summed E-state index contributed by atoms with van der Waals surface area (Å²) >= 11 is 0. The van der Waals surface area contributed by atoms with Crippen molar-refractivity contribution in [2.24, 2.45) is 0 Å². The molecular formula is C18H14N2O2. The number of anilines is 2. The highest BCUT2D eigenvalue weighted by Gasteiger charge is 2.20. The molecule has 0 saturated carbocycles. The summed E-state index contributed by atoms with van der Waals surface area (Å²) in [4.78, 5) is 23.3. The lowest BCUT2D eigenvalue weighted by atomic mass is 10.1. The maximum absolute atomic E-state index is 11.7. The molecular weight excluding hydrogens is 276 g/mol. The maximum atomic E-state index is 11.7. The van der Waals surface area contributed by atoms with Crippen molar-refractivity contribution in [3.63, 3.8) is 0 Å². The molecule has 2 aromatic rings. The molecule has 108 valence electrons. The molecule has 22 heavy (non-hydrogen) atoms. The number of nitrogens with one attached hydrogen (secondary N) is 2. The zero-order chi connectivity index (χ0) is 15.4. The predicted molar refractivity (Wildman–Crippen MR) is 86.3 cm³/mol. The summed E-state index contributed by atoms with van der Waals surface area (Å²) in [5.74, 6) is -1.06. The number of ketones is 2. The Morgan fingerprint density at radius 2 is 0.909 bits per heavy atom. The van der Waals surface area contributed by atoms with Crippen LogP contribution < -0.4 is 10.6 Å². The smallest absolute Gasteiger partial charge is 0.227 e. The largest absolute Gasteiger partial charge is 0.354 e. The van der Waals surface area contributed by atoms with Crippen LogP contribution in [0.5, 0.6) is 0 Å². The summed E-state index contributed by atoms with van der Waals surface area (Å²) in [6.07, 6.45) is 2.64. The average Bonchev–Trinajstić information content (AvgIpc) is 2.54. The van der Waals surface area contributed by atoms with Gasteiger partial charge in [-0.05, 0) is 24.3 Å². The molecule has 2 N–H and O–H groups in total. The molecule has 3 rings (SSSR count). The number of allylic oxidation sites excluding steroid dienone is 2. The van der Waals surface area contributed by atoms with Gasteiger partial charge in [0.1, 0.15) is 0 Å². The van der Waals surface area contributed by atoms with Gasteiger partial charge < -0.3 is 10.6 Å². The second-order valence-corrected chi connectivity index (χ2v) is 4.83. The fourth-order valence-corrected chi connectivity index (χ4v) is 2.12. The summed E-state index contributed by atoms with van der Waals surface area (Å²) in [6, 6.07) is 19.0. The molecule has 0 heterocycles. The number of carbonyl (C=O) groups excluding carboxylic acids is 2. The first-order chi connectivity index (χ1) is 10.7. The molecule has 0 atom stereocenters. The minimum Gasteiger partial charge on any atom is -0.354 e. The van der Waals surface area contributed by atoms with Gasteiger partial charge in [-0.1, -0.05) is 36.4 Å². The van der Waals surface area contributed by atoms with Crippen molar-refractivity contribution in [2.75, 3.05) is 10.6 Å². The fourth-order valence-electron chi connectivity index (χ4n) is 2.12. The highest BCUT2D eigenvalue weighted by atomic mass is 16.2. The lowest BCUT2D eigenvalue weighted by Crippen LogP contribution is -2.21. The van der Waals surface area contributed by atoms with Crippen LogP contribution in [0.3, 0.4) is 0 Å². The third-order valence-corrected chi connectivity index (χ3v) is 3.19. The molecule has 0 saturated heterocycles. The van der Waals surface area contributed by atoms with E-state index in [4.69, 9.17) is 0 Å². The first kappa shape index (κ1) is 13.8. The fraction of sp³-hybridized carbons (Fsp3) is 0. The standard InChI is InChI=1S/C18H14N2O2/c21-17-11-15(19-13-7-3-1-4-8-13)16(12-18(17)22)20-14-9-5-2-6-10-14/h1-12,19-20H. The van der Waals surface area contributed by atoms with Gasteiger partial charge in [0.15, 0.2) is 0 Å². The lowest BCUT2D eigenvalue weighted by Gasteiger charge is -2.19. The van der Waals surface area contributed by atoms with Crippen LogP contribution in [0.4, 0.5) is 11.4 Å². The summed E-state index contributed by atoms with van der Waals surface area (Å²) in [6.45, 7) is 0. The normalized spacial score (nSPS) is 14.2. The SMILES string of the molecule is O=C1C=C(Nc2ccccc2)C(Nc2ccccc2)=CC1=O. The summed E-state index contributed by atoms with van der Waals surface area (Å²) < 4.78 is 0. The molecule has 0 amide bonds. The maximum Gasteiger partial charge on any atom is 0.227 e. The number of carbonyl (C=O) groups is 2. The third-order valence-electron chi connectivity index (χ3n) is 3.19. The van der Waals surface area contributed by atoms with Crippen LogP contribution in [0.1, 0.15) is 0 Å². The van der Waals surface area contributed by atoms with E-state index in [1.807, 2.05) is 60.7 Å². The molecule has 2 aromatic carbocycles. The van der Waals surface area contributed by atoms with Crippen molar-refractivity contribution >= 4 is 22.9 Å². The summed E-state index contributed by atoms with van der Waals surface area (Å²) in [5.41, 5.74) is 2.83. The Labute approximate surface area is 128 Å². The lowest BCUT2D eigenvalue weighted by molar-refractivity contribution is -0.131. The molecule has 0 radical (unpaired) electrons. The van der Waals surface area contributed by atoms with Crippen LogP contribution in [0.25, 0.3) is 0 Å². The molecule has 4 heteroatoms. The zero-order valence-electron chi connectivity index (χ0n) is 11.7. The van der Waals surface area contributed by atoms with E-state index in [0.717, 1.165) is 11.4 Å². The van der Waals surface area contributed by atoms with Crippen LogP contribution in [0.15, 0.2) is 84.2 Å². The molecule has 0 aliphatic heterocycles. The van der Waals surface area contributed by atoms with E-state index < -0.39 is 11.6 Å². The van der Waals surface area contributed by atoms with Crippen molar-refractivity contribution in [3.05, 3.63) is 84.2 Å². The molecule has 0 spiro atoms. The van der Waals surface area contributed by atoms with Gasteiger partial charge in [0.25, 0.3) is 0 Å². The van der Waals surface area contributed by atoms with Gasteiger partial charge in [-0.15, -0.1) is 0 Å². The van der Waals surface area contributed by atoms with Crippen LogP contribution >= 0.6 is 0 Å². The van der Waals surface area contributed by atoms with Crippen molar-refractivity contribution in [1.82, 2.24) is 0 Å². The summed E-state index contributed by atoms with van der Waals surface area (Å²) in [7, 11) is 0. The minimum atomic E-state index is -0.531. The topological polar surface area (TPSA) is 58.2 Å². The van der Waals surface area contributed by atoms with Crippen LogP contribution in [0.2, 0.25) is 0 Å². The monoisotopic (exact) mass is 290 g/mol. The van der Waals surface area contributed by atoms with E-state index in [9.17, 15) is 9.59 Å². The van der Waals surface area contributed by atoms with E-state index in [1.165, 1.54) is 12.2 Å². The summed E-state index contributed by atoms with van der Waals surface area (Å²) in [5, 5.41) is 6.32. The molecule has 4 nitrogen and oxygen atoms in total. The van der Waals surface area contributed by atoms with Gasteiger partial charge in [0, 0.05) is 23.5 Å². The van der Waals surface area contributed by atoms with Crippen molar-refractivity contribution < 1.29 is 9.59 Å². The van der Waals surface area contributed by atoms with E-state index >= 15 is 0 Å². The number of hydrogen-bond acceptors (Lipinski definition) is 4. The van der Waals surface area contributed by atoms with Gasteiger partial charge in [0.05, 0.1) is 11.4 Å². The quantitative estimate of drug-likeness (QED) is 0.671. The molecule has 1 aliphatic carbocycles. The third kappa shape index (κ3) is 3.12. The molecule has 0 unspecified atom stereocenters. The van der Waals surface area contributed by atoms with E-state index in [-0.39, 0.29) is 0 Å². The Morgan fingerprint density at radius 1 is 0.545 bits per heavy atom. The number of hydrogen-bond donors (Lipinski definition) is 2. The Kier molecular flexibility index (Phi) is 3.83. The Morgan fingerprint density at radius 3 is 1.27 bits per heavy atom. The van der Waals surface area contributed by atoms with Crippen LogP contribution in [0, 0.1) is 0 Å². The number of para-hydroxylation sites is 2. The highest BCUT2D eigenvalue weighted by Crippen LogP contribution is 2.21. The Bertz CT molecular complexity index is 695. The Balaban J connectivity index is 1.88. The van der Waals surface area contributed by atoms with Crippen molar-refractivity contribution in [1.29, 1.82) is 0 Å². The molecule has 0 bridgehead atoms. The second-order valence-electron chi connectivity index (χ2n) is 4.83. The zero-order valence-corrected chi connectivity index (χ0v) is 11.7. The first-order valence-electron chi connectivity index (χ1n) is 6.88. The molecule has 0 fully saturated rings. The van der Waals surface area contributed by atoms with Gasteiger partial charge >= 0.3 is 0 Å². The van der Waals surface area contributed by atoms with Gasteiger partial charge in [-0.3, -0.25) is 9.59 Å². The van der Waals surface area contributed by atoms with Gasteiger partial charge in [0.2, 0.25) is 11.6 Å². The van der Waals surface area contributed by atoms with Gasteiger partial charge in [-0.2, -0.15) is 0 Å². The van der Waals surface area contributed by atoms with Crippen molar-refractivity contribution in [2.45, 2.75) is 0 Å². The van der Waals surface area contributed by atoms with Crippen LogP contribution in [-0.2, 0) is 9.59 Å². The van der Waals surface area contributed by atoms with E-state index in [1.54, 1.807) is 0 Å². The average molecular weight is 290 g/mol. The highest BCUT2D eigenvalue weighted by molar-refractivity contribution is 6.47. The Hall–Kier alpha value is -3.14. The number of rotatable bonds is 4. The van der Waals surface area contributed by atoms with E-state index in [2.05, 4.69) is 10.6 Å². The molecule has 1 aliphatic rings.